The fraction of sp³-hybridized carbons (Fsp3) is 0.360. The van der Waals surface area contributed by atoms with Crippen molar-refractivity contribution in [3.8, 4) is 11.5 Å². The van der Waals surface area contributed by atoms with Crippen molar-refractivity contribution >= 4 is 17.4 Å². The molecule has 32 heavy (non-hydrogen) atoms. The molecule has 0 aliphatic carbocycles. The lowest BCUT2D eigenvalue weighted by Crippen LogP contribution is -2.35. The van der Waals surface area contributed by atoms with Crippen LogP contribution in [-0.2, 0) is 9.59 Å². The second-order valence-corrected chi connectivity index (χ2v) is 7.95. The molecule has 170 valence electrons. The molecule has 3 rings (SSSR count). The third kappa shape index (κ3) is 4.94. The number of hydrogen-bond donors (Lipinski definition) is 1. The van der Waals surface area contributed by atoms with E-state index in [0.29, 0.717) is 36.8 Å². The molecule has 7 heteroatoms. The Morgan fingerprint density at radius 3 is 2.44 bits per heavy atom. The number of likely N-dealkylation sites (N-methyl/N-ethyl adjacent to an activating group) is 1. The maximum absolute atomic E-state index is 13.0. The van der Waals surface area contributed by atoms with Crippen molar-refractivity contribution in [2.45, 2.75) is 19.4 Å². The molecule has 0 spiro atoms. The summed E-state index contributed by atoms with van der Waals surface area (Å²) in [6.45, 7) is 3.58. The molecule has 2 aromatic carbocycles. The first kappa shape index (κ1) is 23.3. The lowest BCUT2D eigenvalue weighted by atomic mass is 9.95. The van der Waals surface area contributed by atoms with E-state index in [9.17, 15) is 14.7 Å². The van der Waals surface area contributed by atoms with Crippen molar-refractivity contribution in [1.29, 1.82) is 0 Å². The highest BCUT2D eigenvalue weighted by Crippen LogP contribution is 2.40. The van der Waals surface area contributed by atoms with Crippen LogP contribution in [0, 0.1) is 0 Å². The molecule has 1 saturated heterocycles. The van der Waals surface area contributed by atoms with Crippen molar-refractivity contribution in [3.63, 3.8) is 0 Å². The summed E-state index contributed by atoms with van der Waals surface area (Å²) in [5, 5.41) is 11.1. The molecular formula is C25H30N2O5. The summed E-state index contributed by atoms with van der Waals surface area (Å²) in [5.74, 6) is -0.266. The van der Waals surface area contributed by atoms with E-state index in [-0.39, 0.29) is 11.3 Å². The van der Waals surface area contributed by atoms with Crippen LogP contribution >= 0.6 is 0 Å². The van der Waals surface area contributed by atoms with Crippen LogP contribution in [0.15, 0.2) is 54.1 Å². The van der Waals surface area contributed by atoms with Crippen LogP contribution in [0.25, 0.3) is 5.76 Å². The normalized spacial score (nSPS) is 17.8. The highest BCUT2D eigenvalue weighted by Gasteiger charge is 2.45. The van der Waals surface area contributed by atoms with Gasteiger partial charge in [0, 0.05) is 18.7 Å². The van der Waals surface area contributed by atoms with E-state index >= 15 is 0 Å². The zero-order valence-electron chi connectivity index (χ0n) is 19.0. The van der Waals surface area contributed by atoms with Gasteiger partial charge in [0.2, 0.25) is 0 Å². The molecule has 1 amide bonds. The number of rotatable bonds is 9. The predicted molar refractivity (Wildman–Crippen MR) is 123 cm³/mol. The second-order valence-electron chi connectivity index (χ2n) is 7.95. The van der Waals surface area contributed by atoms with Gasteiger partial charge in [-0.1, -0.05) is 31.2 Å². The summed E-state index contributed by atoms with van der Waals surface area (Å²) in [4.78, 5) is 29.5. The first-order valence-corrected chi connectivity index (χ1v) is 10.7. The number of benzene rings is 2. The largest absolute Gasteiger partial charge is 0.507 e. The number of aliphatic hydroxyl groups is 1. The molecule has 2 aromatic rings. The summed E-state index contributed by atoms with van der Waals surface area (Å²) in [6, 6.07) is 13.4. The van der Waals surface area contributed by atoms with Gasteiger partial charge < -0.3 is 24.4 Å². The zero-order valence-corrected chi connectivity index (χ0v) is 19.0. The van der Waals surface area contributed by atoms with Crippen molar-refractivity contribution in [3.05, 3.63) is 65.2 Å². The Kier molecular flexibility index (Phi) is 7.53. The molecule has 7 nitrogen and oxygen atoms in total. The number of amides is 1. The van der Waals surface area contributed by atoms with Gasteiger partial charge in [-0.25, -0.2) is 0 Å². The third-order valence-electron chi connectivity index (χ3n) is 5.34. The quantitative estimate of drug-likeness (QED) is 0.367. The number of ether oxygens (including phenoxy) is 2. The number of hydrogen-bond acceptors (Lipinski definition) is 6. The van der Waals surface area contributed by atoms with Crippen LogP contribution in [0.5, 0.6) is 11.5 Å². The van der Waals surface area contributed by atoms with Crippen molar-refractivity contribution in [2.75, 3.05) is 40.9 Å². The van der Waals surface area contributed by atoms with E-state index in [2.05, 4.69) is 0 Å². The Bertz CT molecular complexity index is 998. The number of Topliss-reactive ketones (excluding diaryl/α,β-unsaturated/α-hetero) is 1. The predicted octanol–water partition coefficient (Wildman–Crippen LogP) is 3.47. The highest BCUT2D eigenvalue weighted by molar-refractivity contribution is 6.46. The van der Waals surface area contributed by atoms with E-state index < -0.39 is 17.7 Å². The minimum Gasteiger partial charge on any atom is -0.507 e. The van der Waals surface area contributed by atoms with Crippen LogP contribution in [-0.4, -0.2) is 67.5 Å². The van der Waals surface area contributed by atoms with E-state index in [1.807, 2.05) is 50.2 Å². The molecule has 1 N–H and O–H groups in total. The van der Waals surface area contributed by atoms with E-state index in [1.165, 1.54) is 12.0 Å². The molecule has 1 unspecified atom stereocenters. The number of carbonyl (C=O) groups excluding carboxylic acids is 2. The van der Waals surface area contributed by atoms with Crippen LogP contribution in [0.2, 0.25) is 0 Å². The molecule has 0 aromatic heterocycles. The van der Waals surface area contributed by atoms with Crippen LogP contribution in [0.3, 0.4) is 0 Å². The Labute approximate surface area is 188 Å². The van der Waals surface area contributed by atoms with Gasteiger partial charge in [0.1, 0.15) is 17.3 Å². The first-order valence-electron chi connectivity index (χ1n) is 10.7. The molecule has 1 aliphatic rings. The number of nitrogens with zero attached hydrogens (tertiary/aromatic N) is 2. The maximum Gasteiger partial charge on any atom is 0.295 e. The van der Waals surface area contributed by atoms with Gasteiger partial charge in [0.05, 0.1) is 25.3 Å². The minimum atomic E-state index is -0.694. The Morgan fingerprint density at radius 1 is 1.09 bits per heavy atom. The summed E-state index contributed by atoms with van der Waals surface area (Å²) in [6.07, 6.45) is 0.896. The van der Waals surface area contributed by atoms with E-state index in [1.54, 1.807) is 24.3 Å². The Morgan fingerprint density at radius 2 is 1.81 bits per heavy atom. The molecule has 0 bridgehead atoms. The summed E-state index contributed by atoms with van der Waals surface area (Å²) >= 11 is 0. The molecule has 0 radical (unpaired) electrons. The van der Waals surface area contributed by atoms with Gasteiger partial charge in [-0.3, -0.25) is 9.59 Å². The second kappa shape index (κ2) is 10.3. The lowest BCUT2D eigenvalue weighted by molar-refractivity contribution is -0.140. The molecule has 1 heterocycles. The smallest absolute Gasteiger partial charge is 0.295 e. The van der Waals surface area contributed by atoms with Crippen molar-refractivity contribution < 1.29 is 24.2 Å². The average molecular weight is 439 g/mol. The van der Waals surface area contributed by atoms with E-state index in [4.69, 9.17) is 9.47 Å². The van der Waals surface area contributed by atoms with E-state index in [0.717, 1.165) is 12.0 Å². The standard InChI is InChI=1S/C25H30N2O5/c1-5-15-32-19-11-9-17(10-12-19)22-21(23(28)18-7-6-8-20(16-18)31-4)24(29)25(30)27(22)14-13-26(2)3/h6-12,16,22,28H,5,13-15H2,1-4H3/b23-21+. The average Bonchev–Trinajstić information content (AvgIpc) is 3.06. The highest BCUT2D eigenvalue weighted by atomic mass is 16.5. The monoisotopic (exact) mass is 438 g/mol. The number of likely N-dealkylation sites (tertiary alicyclic amines) is 1. The molecular weight excluding hydrogens is 408 g/mol. The van der Waals surface area contributed by atoms with Gasteiger partial charge in [-0.2, -0.15) is 0 Å². The van der Waals surface area contributed by atoms with Crippen LogP contribution in [0.4, 0.5) is 0 Å². The number of ketones is 1. The topological polar surface area (TPSA) is 79.3 Å². The van der Waals surface area contributed by atoms with Crippen molar-refractivity contribution in [1.82, 2.24) is 9.80 Å². The molecule has 1 atom stereocenters. The molecule has 0 saturated carbocycles. The Balaban J connectivity index is 2.08. The third-order valence-corrected chi connectivity index (χ3v) is 5.34. The fourth-order valence-electron chi connectivity index (χ4n) is 3.66. The summed E-state index contributed by atoms with van der Waals surface area (Å²) < 4.78 is 10.9. The maximum atomic E-state index is 13.0. The number of aliphatic hydroxyl groups excluding tert-OH is 1. The number of carbonyl (C=O) groups is 2. The molecule has 1 aliphatic heterocycles. The first-order chi connectivity index (χ1) is 15.4. The zero-order chi connectivity index (χ0) is 23.3. The van der Waals surface area contributed by atoms with Crippen molar-refractivity contribution in [2.24, 2.45) is 0 Å². The SMILES string of the molecule is CCCOc1ccc(C2/C(=C(\O)c3cccc(OC)c3)C(=O)C(=O)N2CCN(C)C)cc1. The summed E-state index contributed by atoms with van der Waals surface area (Å²) in [5.41, 5.74) is 1.23. The van der Waals surface area contributed by atoms with Gasteiger partial charge in [-0.15, -0.1) is 0 Å². The van der Waals surface area contributed by atoms with Crippen LogP contribution < -0.4 is 9.47 Å². The molecule has 1 fully saturated rings. The minimum absolute atomic E-state index is 0.0734. The summed E-state index contributed by atoms with van der Waals surface area (Å²) in [7, 11) is 5.34. The number of methoxy groups -OCH3 is 1. The fourth-order valence-corrected chi connectivity index (χ4v) is 3.66. The van der Waals surface area contributed by atoms with Gasteiger partial charge in [0.25, 0.3) is 11.7 Å². The van der Waals surface area contributed by atoms with Crippen LogP contribution in [0.1, 0.15) is 30.5 Å². The lowest BCUT2D eigenvalue weighted by Gasteiger charge is -2.26. The van der Waals surface area contributed by atoms with Gasteiger partial charge in [0.15, 0.2) is 0 Å². The Hall–Kier alpha value is -3.32. The van der Waals surface area contributed by atoms with Gasteiger partial charge in [-0.05, 0) is 50.3 Å². The van der Waals surface area contributed by atoms with Gasteiger partial charge >= 0.3 is 0 Å².